The van der Waals surface area contributed by atoms with Crippen LogP contribution in [0.4, 0.5) is 4.39 Å². The van der Waals surface area contributed by atoms with Gasteiger partial charge in [-0.3, -0.25) is 4.79 Å². The number of hydrogen-bond donors (Lipinski definition) is 0. The van der Waals surface area contributed by atoms with Crippen molar-refractivity contribution in [1.82, 2.24) is 9.88 Å². The first-order chi connectivity index (χ1) is 11.5. The summed E-state index contributed by atoms with van der Waals surface area (Å²) in [6, 6.07) is 6.46. The van der Waals surface area contributed by atoms with Crippen molar-refractivity contribution in [2.24, 2.45) is 0 Å². The topological polar surface area (TPSA) is 55.6 Å². The Balaban J connectivity index is 1.61. The first kappa shape index (κ1) is 16.6. The molecule has 5 nitrogen and oxygen atoms in total. The molecule has 2 unspecified atom stereocenters. The zero-order valence-corrected chi connectivity index (χ0v) is 13.9. The van der Waals surface area contributed by atoms with E-state index in [-0.39, 0.29) is 23.9 Å². The smallest absolute Gasteiger partial charge is 0.223 e. The number of benzene rings is 1. The van der Waals surface area contributed by atoms with Gasteiger partial charge in [-0.1, -0.05) is 12.1 Å². The highest BCUT2D eigenvalue weighted by atomic mass is 19.1. The van der Waals surface area contributed by atoms with Crippen LogP contribution in [0.2, 0.25) is 0 Å². The molecule has 0 N–H and O–H groups in total. The van der Waals surface area contributed by atoms with Crippen molar-refractivity contribution < 1.29 is 18.3 Å². The first-order valence-corrected chi connectivity index (χ1v) is 8.15. The summed E-state index contributed by atoms with van der Waals surface area (Å²) in [5.74, 6) is 0.523. The highest BCUT2D eigenvalue weighted by Crippen LogP contribution is 2.24. The largest absolute Gasteiger partial charge is 0.441 e. The summed E-state index contributed by atoms with van der Waals surface area (Å²) in [5, 5.41) is 0. The maximum atomic E-state index is 13.8. The van der Waals surface area contributed by atoms with Crippen LogP contribution in [0.15, 0.2) is 34.9 Å². The molecule has 2 heterocycles. The number of aromatic nitrogens is 1. The molecule has 1 fully saturated rings. The molecule has 1 aliphatic heterocycles. The van der Waals surface area contributed by atoms with Crippen molar-refractivity contribution in [3.63, 3.8) is 0 Å². The molecule has 3 rings (SSSR count). The van der Waals surface area contributed by atoms with Gasteiger partial charge in [-0.15, -0.1) is 0 Å². The number of aryl methyl sites for hydroxylation is 1. The number of oxazole rings is 1. The Morgan fingerprint density at radius 1 is 1.38 bits per heavy atom. The number of nitrogens with zero attached hydrogens (tertiary/aromatic N) is 2. The third kappa shape index (κ3) is 3.64. The first-order valence-electron chi connectivity index (χ1n) is 8.15. The monoisotopic (exact) mass is 332 g/mol. The molecule has 0 bridgehead atoms. The number of carbonyl (C=O) groups is 1. The molecular weight excluding hydrogens is 311 g/mol. The van der Waals surface area contributed by atoms with E-state index in [1.54, 1.807) is 18.2 Å². The molecule has 24 heavy (non-hydrogen) atoms. The summed E-state index contributed by atoms with van der Waals surface area (Å²) in [6.45, 7) is 5.10. The lowest BCUT2D eigenvalue weighted by Crippen LogP contribution is -2.50. The Hall–Kier alpha value is -2.21. The van der Waals surface area contributed by atoms with Crippen LogP contribution >= 0.6 is 0 Å². The second kappa shape index (κ2) is 7.13. The Kier molecular flexibility index (Phi) is 4.94. The van der Waals surface area contributed by atoms with Crippen molar-refractivity contribution in [2.75, 3.05) is 13.2 Å². The van der Waals surface area contributed by atoms with E-state index in [0.717, 1.165) is 0 Å². The van der Waals surface area contributed by atoms with Crippen LogP contribution in [0.3, 0.4) is 0 Å². The molecule has 1 aliphatic rings. The minimum Gasteiger partial charge on any atom is -0.441 e. The van der Waals surface area contributed by atoms with Crippen LogP contribution < -0.4 is 0 Å². The van der Waals surface area contributed by atoms with E-state index in [4.69, 9.17) is 9.15 Å². The van der Waals surface area contributed by atoms with E-state index in [0.29, 0.717) is 43.2 Å². The van der Waals surface area contributed by atoms with Crippen molar-refractivity contribution >= 4 is 5.91 Å². The van der Waals surface area contributed by atoms with Crippen LogP contribution in [-0.4, -0.2) is 41.1 Å². The lowest BCUT2D eigenvalue weighted by atomic mass is 10.1. The number of ether oxygens (including phenoxy) is 1. The minimum atomic E-state index is -0.354. The van der Waals surface area contributed by atoms with Gasteiger partial charge in [-0.05, 0) is 26.0 Å². The highest BCUT2D eigenvalue weighted by molar-refractivity contribution is 5.76. The minimum absolute atomic E-state index is 0.0551. The predicted octanol–water partition coefficient (Wildman–Crippen LogP) is 3.05. The Morgan fingerprint density at radius 2 is 2.17 bits per heavy atom. The lowest BCUT2D eigenvalue weighted by molar-refractivity contribution is -0.143. The number of hydrogen-bond acceptors (Lipinski definition) is 4. The molecule has 6 heteroatoms. The van der Waals surface area contributed by atoms with Crippen LogP contribution in [-0.2, 0) is 16.0 Å². The standard InChI is InChI=1S/C18H21FN2O3/c1-12-11-23-13(2)10-21(12)18(22)8-7-17-20-9-16(24-17)14-5-3-4-6-15(14)19/h3-6,9,12-13H,7-8,10-11H2,1-2H3. The van der Waals surface area contributed by atoms with Gasteiger partial charge in [-0.2, -0.15) is 0 Å². The van der Waals surface area contributed by atoms with Gasteiger partial charge >= 0.3 is 0 Å². The fourth-order valence-corrected chi connectivity index (χ4v) is 2.82. The molecule has 1 aromatic carbocycles. The van der Waals surface area contributed by atoms with Crippen molar-refractivity contribution in [2.45, 2.75) is 38.8 Å². The summed E-state index contributed by atoms with van der Waals surface area (Å²) in [6.07, 6.45) is 2.26. The van der Waals surface area contributed by atoms with E-state index in [1.807, 2.05) is 18.7 Å². The lowest BCUT2D eigenvalue weighted by Gasteiger charge is -2.36. The molecule has 0 radical (unpaired) electrons. The van der Waals surface area contributed by atoms with Crippen molar-refractivity contribution in [3.05, 3.63) is 42.2 Å². The Morgan fingerprint density at radius 3 is 2.96 bits per heavy atom. The van der Waals surface area contributed by atoms with Gasteiger partial charge in [0.15, 0.2) is 11.7 Å². The molecule has 1 aromatic heterocycles. The zero-order chi connectivity index (χ0) is 17.1. The van der Waals surface area contributed by atoms with Gasteiger partial charge in [0.25, 0.3) is 0 Å². The highest BCUT2D eigenvalue weighted by Gasteiger charge is 2.27. The zero-order valence-electron chi connectivity index (χ0n) is 13.9. The van der Waals surface area contributed by atoms with E-state index in [1.165, 1.54) is 12.3 Å². The van der Waals surface area contributed by atoms with E-state index >= 15 is 0 Å². The number of carbonyl (C=O) groups excluding carboxylic acids is 1. The van der Waals surface area contributed by atoms with Crippen LogP contribution in [0.1, 0.15) is 26.2 Å². The van der Waals surface area contributed by atoms with Gasteiger partial charge in [0.2, 0.25) is 5.91 Å². The summed E-state index contributed by atoms with van der Waals surface area (Å²) >= 11 is 0. The Labute approximate surface area is 140 Å². The second-order valence-electron chi connectivity index (χ2n) is 6.14. The fraction of sp³-hybridized carbons (Fsp3) is 0.444. The van der Waals surface area contributed by atoms with E-state index in [2.05, 4.69) is 4.98 Å². The summed E-state index contributed by atoms with van der Waals surface area (Å²) in [5.41, 5.74) is 0.373. The summed E-state index contributed by atoms with van der Waals surface area (Å²) in [7, 11) is 0. The number of morpholine rings is 1. The molecule has 2 atom stereocenters. The second-order valence-corrected chi connectivity index (χ2v) is 6.14. The average molecular weight is 332 g/mol. The molecule has 0 saturated carbocycles. The molecule has 0 spiro atoms. The SMILES string of the molecule is CC1CN(C(=O)CCc2ncc(-c3ccccc3F)o2)C(C)CO1. The normalized spacial score (nSPS) is 21.0. The summed E-state index contributed by atoms with van der Waals surface area (Å²) in [4.78, 5) is 18.4. The molecule has 2 aromatic rings. The Bertz CT molecular complexity index is 716. The van der Waals surface area contributed by atoms with Gasteiger partial charge < -0.3 is 14.1 Å². The van der Waals surface area contributed by atoms with Gasteiger partial charge in [0, 0.05) is 19.4 Å². The maximum Gasteiger partial charge on any atom is 0.223 e. The van der Waals surface area contributed by atoms with Crippen LogP contribution in [0, 0.1) is 5.82 Å². The van der Waals surface area contributed by atoms with Gasteiger partial charge in [0.05, 0.1) is 30.5 Å². The molecule has 128 valence electrons. The third-order valence-electron chi connectivity index (χ3n) is 4.17. The van der Waals surface area contributed by atoms with Crippen LogP contribution in [0.5, 0.6) is 0 Å². The van der Waals surface area contributed by atoms with E-state index < -0.39 is 0 Å². The molecular formula is C18H21FN2O3. The fourth-order valence-electron chi connectivity index (χ4n) is 2.82. The third-order valence-corrected chi connectivity index (χ3v) is 4.17. The quantitative estimate of drug-likeness (QED) is 0.863. The van der Waals surface area contributed by atoms with Crippen LogP contribution in [0.25, 0.3) is 11.3 Å². The average Bonchev–Trinajstić information content (AvgIpc) is 3.04. The number of halogens is 1. The predicted molar refractivity (Wildman–Crippen MR) is 86.8 cm³/mol. The van der Waals surface area contributed by atoms with Crippen molar-refractivity contribution in [1.29, 1.82) is 0 Å². The van der Waals surface area contributed by atoms with E-state index in [9.17, 15) is 9.18 Å². The molecule has 1 amide bonds. The molecule has 0 aliphatic carbocycles. The number of amides is 1. The maximum absolute atomic E-state index is 13.8. The number of rotatable bonds is 4. The van der Waals surface area contributed by atoms with Gasteiger partial charge in [0.1, 0.15) is 5.82 Å². The molecule has 1 saturated heterocycles. The summed E-state index contributed by atoms with van der Waals surface area (Å²) < 4.78 is 24.9. The van der Waals surface area contributed by atoms with Gasteiger partial charge in [-0.25, -0.2) is 9.37 Å². The van der Waals surface area contributed by atoms with Crippen molar-refractivity contribution in [3.8, 4) is 11.3 Å².